The molecular weight excluding hydrogens is 280 g/mol. The Kier molecular flexibility index (Phi) is 3.04. The summed E-state index contributed by atoms with van der Waals surface area (Å²) in [6.45, 7) is 2.88. The predicted molar refractivity (Wildman–Crippen MR) is 81.7 cm³/mol. The molecule has 0 unspecified atom stereocenters. The lowest BCUT2D eigenvalue weighted by Crippen LogP contribution is -2.43. The second-order valence-electron chi connectivity index (χ2n) is 6.09. The Morgan fingerprint density at radius 2 is 2.23 bits per heavy atom. The van der Waals surface area contributed by atoms with Crippen LogP contribution in [0.1, 0.15) is 30.0 Å². The van der Waals surface area contributed by atoms with Crippen molar-refractivity contribution in [2.75, 3.05) is 13.2 Å². The molecule has 114 valence electrons. The molecule has 2 aliphatic heterocycles. The number of aryl methyl sites for hydroxylation is 1. The van der Waals surface area contributed by atoms with Gasteiger partial charge in [0.25, 0.3) is 0 Å². The van der Waals surface area contributed by atoms with E-state index in [4.69, 9.17) is 4.74 Å². The van der Waals surface area contributed by atoms with Gasteiger partial charge in [0.1, 0.15) is 12.7 Å². The van der Waals surface area contributed by atoms with Crippen LogP contribution in [0.5, 0.6) is 5.88 Å². The second kappa shape index (κ2) is 4.95. The third-order valence-electron chi connectivity index (χ3n) is 4.49. The van der Waals surface area contributed by atoms with Gasteiger partial charge in [-0.15, -0.1) is 0 Å². The maximum atomic E-state index is 12.1. The largest absolute Gasteiger partial charge is 0.475 e. The number of aromatic nitrogens is 1. The van der Waals surface area contributed by atoms with Gasteiger partial charge >= 0.3 is 0 Å². The fourth-order valence-electron chi connectivity index (χ4n) is 3.40. The zero-order valence-corrected chi connectivity index (χ0v) is 12.5. The Labute approximate surface area is 128 Å². The maximum absolute atomic E-state index is 12.1. The first-order chi connectivity index (χ1) is 10.6. The molecule has 0 saturated carbocycles. The molecule has 2 aromatic rings. The third-order valence-corrected chi connectivity index (χ3v) is 4.49. The first-order valence-corrected chi connectivity index (χ1v) is 7.65. The summed E-state index contributed by atoms with van der Waals surface area (Å²) in [4.78, 5) is 18.4. The molecule has 1 fully saturated rings. The Balaban J connectivity index is 1.86. The summed E-state index contributed by atoms with van der Waals surface area (Å²) in [6.07, 6.45) is 0.692. The zero-order chi connectivity index (χ0) is 15.3. The van der Waals surface area contributed by atoms with Crippen LogP contribution in [0, 0.1) is 6.92 Å². The minimum absolute atomic E-state index is 0.0981. The third kappa shape index (κ3) is 2.04. The first kappa shape index (κ1) is 13.5. The van der Waals surface area contributed by atoms with Crippen molar-refractivity contribution < 1.29 is 14.6 Å². The second-order valence-corrected chi connectivity index (χ2v) is 6.09. The molecule has 3 heterocycles. The molecule has 1 aromatic carbocycles. The van der Waals surface area contributed by atoms with Crippen molar-refractivity contribution in [1.29, 1.82) is 0 Å². The van der Waals surface area contributed by atoms with Gasteiger partial charge in [-0.05, 0) is 31.0 Å². The van der Waals surface area contributed by atoms with Crippen molar-refractivity contribution in [3.63, 3.8) is 0 Å². The fourth-order valence-corrected chi connectivity index (χ4v) is 3.40. The number of hydrogen-bond acceptors (Lipinski definition) is 4. The van der Waals surface area contributed by atoms with E-state index in [1.165, 1.54) is 0 Å². The molecule has 1 saturated heterocycles. The van der Waals surface area contributed by atoms with Crippen LogP contribution in [-0.4, -0.2) is 40.2 Å². The van der Waals surface area contributed by atoms with Crippen molar-refractivity contribution in [2.45, 2.75) is 31.9 Å². The molecule has 0 spiro atoms. The van der Waals surface area contributed by atoms with Gasteiger partial charge in [-0.3, -0.25) is 4.79 Å². The van der Waals surface area contributed by atoms with Crippen molar-refractivity contribution in [2.24, 2.45) is 0 Å². The highest BCUT2D eigenvalue weighted by molar-refractivity contribution is 5.82. The molecule has 0 radical (unpaired) electrons. The number of benzene rings is 1. The molecule has 22 heavy (non-hydrogen) atoms. The fraction of sp³-hybridized carbons (Fsp3) is 0.412. The number of nitrogens with zero attached hydrogens (tertiary/aromatic N) is 2. The molecule has 0 bridgehead atoms. The number of amides is 1. The molecule has 1 aromatic heterocycles. The zero-order valence-electron chi connectivity index (χ0n) is 12.5. The Bertz CT molecular complexity index is 759. The molecule has 5 nitrogen and oxygen atoms in total. The summed E-state index contributed by atoms with van der Waals surface area (Å²) >= 11 is 0. The highest BCUT2D eigenvalue weighted by Gasteiger charge is 2.39. The van der Waals surface area contributed by atoms with Crippen LogP contribution in [0.15, 0.2) is 24.3 Å². The molecule has 4 rings (SSSR count). The van der Waals surface area contributed by atoms with Gasteiger partial charge in [0.15, 0.2) is 0 Å². The molecule has 2 atom stereocenters. The van der Waals surface area contributed by atoms with E-state index in [-0.39, 0.29) is 18.6 Å². The number of hydrogen-bond donors (Lipinski definition) is 1. The molecule has 1 amide bonds. The summed E-state index contributed by atoms with van der Waals surface area (Å²) in [6, 6.07) is 7.71. The monoisotopic (exact) mass is 298 g/mol. The summed E-state index contributed by atoms with van der Waals surface area (Å²) in [5.41, 5.74) is 2.83. The number of carbonyl (C=O) groups is 1. The summed E-state index contributed by atoms with van der Waals surface area (Å²) in [7, 11) is 0. The molecule has 1 N–H and O–H groups in total. The minimum Gasteiger partial charge on any atom is -0.475 e. The number of ether oxygens (including phenoxy) is 1. The number of rotatable bonds is 1. The number of aliphatic hydroxyl groups excluding tert-OH is 1. The summed E-state index contributed by atoms with van der Waals surface area (Å²) < 4.78 is 5.61. The van der Waals surface area contributed by atoms with Gasteiger partial charge in [0.2, 0.25) is 11.8 Å². The van der Waals surface area contributed by atoms with E-state index in [0.29, 0.717) is 18.8 Å². The van der Waals surface area contributed by atoms with Crippen molar-refractivity contribution in [1.82, 2.24) is 9.88 Å². The van der Waals surface area contributed by atoms with Crippen LogP contribution in [-0.2, 0) is 4.79 Å². The van der Waals surface area contributed by atoms with Gasteiger partial charge in [-0.2, -0.15) is 0 Å². The van der Waals surface area contributed by atoms with Gasteiger partial charge < -0.3 is 14.7 Å². The summed E-state index contributed by atoms with van der Waals surface area (Å²) in [5, 5.41) is 11.4. The average Bonchev–Trinajstić information content (AvgIpc) is 2.91. The number of fused-ring (bicyclic) bond motifs is 2. The lowest BCUT2D eigenvalue weighted by Gasteiger charge is -2.36. The predicted octanol–water partition coefficient (Wildman–Crippen LogP) is 1.96. The number of carbonyl (C=O) groups excluding carboxylic acids is 1. The highest BCUT2D eigenvalue weighted by atomic mass is 16.5. The smallest absolute Gasteiger partial charge is 0.223 e. The van der Waals surface area contributed by atoms with E-state index in [2.05, 4.69) is 4.98 Å². The van der Waals surface area contributed by atoms with E-state index in [1.807, 2.05) is 31.2 Å². The van der Waals surface area contributed by atoms with E-state index in [9.17, 15) is 9.90 Å². The van der Waals surface area contributed by atoms with Crippen LogP contribution >= 0.6 is 0 Å². The van der Waals surface area contributed by atoms with E-state index < -0.39 is 6.10 Å². The number of aliphatic hydroxyl groups is 1. The normalized spacial score (nSPS) is 24.5. The lowest BCUT2D eigenvalue weighted by atomic mass is 9.97. The number of pyridine rings is 1. The lowest BCUT2D eigenvalue weighted by molar-refractivity contribution is -0.133. The van der Waals surface area contributed by atoms with E-state index >= 15 is 0 Å². The van der Waals surface area contributed by atoms with Crippen molar-refractivity contribution in [3.05, 3.63) is 35.4 Å². The average molecular weight is 298 g/mol. The standard InChI is InChI=1S/C17H18N2O3/c1-10-4-5-11-8-12-16(19-6-2-3-15(19)21)14(20)9-22-17(12)18-13(11)7-10/h4-5,7-8,14,16,20H,2-3,6,9H2,1H3/t14-,16-/m1/s1. The van der Waals surface area contributed by atoms with Crippen LogP contribution < -0.4 is 4.74 Å². The van der Waals surface area contributed by atoms with Gasteiger partial charge in [0, 0.05) is 23.9 Å². The van der Waals surface area contributed by atoms with E-state index in [1.54, 1.807) is 4.90 Å². The Morgan fingerprint density at radius 1 is 1.36 bits per heavy atom. The minimum atomic E-state index is -0.709. The van der Waals surface area contributed by atoms with Crippen LogP contribution in [0.3, 0.4) is 0 Å². The quantitative estimate of drug-likeness (QED) is 0.874. The molecular formula is C17H18N2O3. The maximum Gasteiger partial charge on any atom is 0.223 e. The molecule has 0 aliphatic carbocycles. The van der Waals surface area contributed by atoms with E-state index in [0.717, 1.165) is 28.5 Å². The Hall–Kier alpha value is -2.14. The van der Waals surface area contributed by atoms with Crippen molar-refractivity contribution >= 4 is 16.8 Å². The highest BCUT2D eigenvalue weighted by Crippen LogP contribution is 2.38. The first-order valence-electron chi connectivity index (χ1n) is 7.65. The molecule has 2 aliphatic rings. The summed E-state index contributed by atoms with van der Waals surface area (Å²) in [5.74, 6) is 0.633. The van der Waals surface area contributed by atoms with Crippen molar-refractivity contribution in [3.8, 4) is 5.88 Å². The van der Waals surface area contributed by atoms with Crippen LogP contribution in [0.4, 0.5) is 0 Å². The van der Waals surface area contributed by atoms with Gasteiger partial charge in [-0.1, -0.05) is 12.1 Å². The SMILES string of the molecule is Cc1ccc2cc3c(nc2c1)OC[C@@H](O)[C@@H]3N1CCCC1=O. The number of likely N-dealkylation sites (tertiary alicyclic amines) is 1. The topological polar surface area (TPSA) is 62.7 Å². The Morgan fingerprint density at radius 3 is 3.00 bits per heavy atom. The molecule has 5 heteroatoms. The van der Waals surface area contributed by atoms with Crippen LogP contribution in [0.25, 0.3) is 10.9 Å². The van der Waals surface area contributed by atoms with Crippen LogP contribution in [0.2, 0.25) is 0 Å². The van der Waals surface area contributed by atoms with Gasteiger partial charge in [-0.25, -0.2) is 4.98 Å². The van der Waals surface area contributed by atoms with Gasteiger partial charge in [0.05, 0.1) is 11.6 Å².